The van der Waals surface area contributed by atoms with Crippen LogP contribution in [0.15, 0.2) is 6.07 Å². The minimum atomic E-state index is -0.910. The van der Waals surface area contributed by atoms with Gasteiger partial charge < -0.3 is 0 Å². The first-order valence-corrected chi connectivity index (χ1v) is 5.32. The number of benzene rings is 1. The predicted molar refractivity (Wildman–Crippen MR) is 61.8 cm³/mol. The van der Waals surface area contributed by atoms with Crippen molar-refractivity contribution < 1.29 is 9.59 Å². The van der Waals surface area contributed by atoms with E-state index in [1.54, 1.807) is 0 Å². The maximum Gasteiger partial charge on any atom is 0.255 e. The van der Waals surface area contributed by atoms with Crippen LogP contribution in [0.1, 0.15) is 20.7 Å². The predicted octanol–water partition coefficient (Wildman–Crippen LogP) is 4.40. The summed E-state index contributed by atoms with van der Waals surface area (Å²) in [6, 6.07) is 1.17. The molecular weight excluding hydrogens is 305 g/mol. The molecule has 0 aliphatic heterocycles. The van der Waals surface area contributed by atoms with Crippen molar-refractivity contribution >= 4 is 68.5 Å². The van der Waals surface area contributed by atoms with E-state index in [1.807, 2.05) is 0 Å². The summed E-state index contributed by atoms with van der Waals surface area (Å²) in [6.07, 6.45) is 0. The van der Waals surface area contributed by atoms with Gasteiger partial charge in [0.05, 0.1) is 26.2 Å². The van der Waals surface area contributed by atoms with Crippen LogP contribution in [0.2, 0.25) is 15.1 Å². The Morgan fingerprint density at radius 3 is 1.87 bits per heavy atom. The van der Waals surface area contributed by atoms with E-state index < -0.39 is 10.5 Å². The van der Waals surface area contributed by atoms with E-state index in [4.69, 9.17) is 58.0 Å². The van der Waals surface area contributed by atoms with Gasteiger partial charge >= 0.3 is 0 Å². The molecule has 80 valence electrons. The Bertz CT molecular complexity index is 455. The molecule has 0 saturated heterocycles. The average Bonchev–Trinajstić information content (AvgIpc) is 2.10. The van der Waals surface area contributed by atoms with Crippen LogP contribution < -0.4 is 0 Å². The minimum Gasteiger partial charge on any atom is -0.276 e. The molecule has 0 aromatic heterocycles. The fourth-order valence-corrected chi connectivity index (χ4v) is 2.21. The number of carbonyl (C=O) groups excluding carboxylic acids is 2. The molecule has 0 radical (unpaired) electrons. The Balaban J connectivity index is 3.63. The van der Waals surface area contributed by atoms with Crippen LogP contribution in [0, 0.1) is 0 Å². The highest BCUT2D eigenvalue weighted by molar-refractivity contribution is 6.72. The van der Waals surface area contributed by atoms with Crippen molar-refractivity contribution in [2.75, 3.05) is 0 Å². The van der Waals surface area contributed by atoms with E-state index in [2.05, 4.69) is 0 Å². The molecule has 0 atom stereocenters. The first-order chi connectivity index (χ1) is 6.86. The third-order valence-electron chi connectivity index (χ3n) is 1.56. The Labute approximate surface area is 110 Å². The van der Waals surface area contributed by atoms with Crippen LogP contribution in [-0.4, -0.2) is 10.5 Å². The van der Waals surface area contributed by atoms with Gasteiger partial charge in [-0.15, -0.1) is 0 Å². The summed E-state index contributed by atoms with van der Waals surface area (Å²) >= 11 is 27.6. The second-order valence-electron chi connectivity index (χ2n) is 2.46. The molecule has 0 bridgehead atoms. The number of hydrogen-bond donors (Lipinski definition) is 0. The molecule has 0 heterocycles. The Morgan fingerprint density at radius 1 is 0.933 bits per heavy atom. The molecule has 0 spiro atoms. The van der Waals surface area contributed by atoms with Gasteiger partial charge in [-0.3, -0.25) is 9.59 Å². The van der Waals surface area contributed by atoms with Gasteiger partial charge in [0.2, 0.25) is 0 Å². The van der Waals surface area contributed by atoms with Crippen LogP contribution >= 0.6 is 58.0 Å². The average molecular weight is 306 g/mol. The van der Waals surface area contributed by atoms with E-state index in [0.717, 1.165) is 0 Å². The number of carbonyl (C=O) groups is 2. The number of hydrogen-bond acceptors (Lipinski definition) is 2. The van der Waals surface area contributed by atoms with Crippen LogP contribution in [0.4, 0.5) is 0 Å². The van der Waals surface area contributed by atoms with Gasteiger partial charge in [0.25, 0.3) is 10.5 Å². The lowest BCUT2D eigenvalue weighted by molar-refractivity contribution is 0.108. The lowest BCUT2D eigenvalue weighted by Gasteiger charge is -2.07. The standard InChI is InChI=1S/C8HCl5O2/c9-3-1-2(7(12)14)5(10)4(6(3)11)8(13)15/h1H. The van der Waals surface area contributed by atoms with E-state index in [0.29, 0.717) is 0 Å². The molecule has 1 aromatic carbocycles. The highest BCUT2D eigenvalue weighted by Crippen LogP contribution is 2.36. The molecule has 15 heavy (non-hydrogen) atoms. The maximum absolute atomic E-state index is 11.0. The second-order valence-corrected chi connectivity index (χ2v) is 4.31. The molecule has 0 amide bonds. The zero-order valence-corrected chi connectivity index (χ0v) is 10.6. The van der Waals surface area contributed by atoms with Crippen molar-refractivity contribution in [2.45, 2.75) is 0 Å². The van der Waals surface area contributed by atoms with Crippen LogP contribution in [0.25, 0.3) is 0 Å². The van der Waals surface area contributed by atoms with Gasteiger partial charge in [-0.25, -0.2) is 0 Å². The summed E-state index contributed by atoms with van der Waals surface area (Å²) in [6.45, 7) is 0. The Kier molecular flexibility index (Phi) is 4.27. The first-order valence-electron chi connectivity index (χ1n) is 3.43. The fraction of sp³-hybridized carbons (Fsp3) is 0. The second kappa shape index (κ2) is 4.89. The van der Waals surface area contributed by atoms with Gasteiger partial charge in [-0.05, 0) is 29.3 Å². The van der Waals surface area contributed by atoms with Crippen molar-refractivity contribution in [3.05, 3.63) is 32.3 Å². The third kappa shape index (κ3) is 2.58. The largest absolute Gasteiger partial charge is 0.276 e. The minimum absolute atomic E-state index is 0.0194. The summed E-state index contributed by atoms with van der Waals surface area (Å²) in [7, 11) is 0. The molecule has 0 unspecified atom stereocenters. The van der Waals surface area contributed by atoms with Crippen LogP contribution in [0.5, 0.6) is 0 Å². The molecule has 0 aliphatic rings. The fourth-order valence-electron chi connectivity index (χ4n) is 0.919. The summed E-state index contributed by atoms with van der Waals surface area (Å²) in [5.41, 5.74) is -0.340. The Morgan fingerprint density at radius 2 is 1.47 bits per heavy atom. The SMILES string of the molecule is O=C(Cl)c1cc(Cl)c(Cl)c(C(=O)Cl)c1Cl. The molecular formula is C8HCl5O2. The van der Waals surface area contributed by atoms with Gasteiger partial charge in [-0.2, -0.15) is 0 Å². The zero-order chi connectivity index (χ0) is 11.7. The lowest BCUT2D eigenvalue weighted by atomic mass is 10.1. The molecule has 0 N–H and O–H groups in total. The van der Waals surface area contributed by atoms with Gasteiger partial charge in [0, 0.05) is 0 Å². The molecule has 0 saturated carbocycles. The quantitative estimate of drug-likeness (QED) is 0.599. The maximum atomic E-state index is 11.0. The van der Waals surface area contributed by atoms with Crippen molar-refractivity contribution in [3.8, 4) is 0 Å². The van der Waals surface area contributed by atoms with Gasteiger partial charge in [-0.1, -0.05) is 34.8 Å². The van der Waals surface area contributed by atoms with Gasteiger partial charge in [0.1, 0.15) is 0 Å². The molecule has 7 heteroatoms. The van der Waals surface area contributed by atoms with Crippen LogP contribution in [0.3, 0.4) is 0 Å². The van der Waals surface area contributed by atoms with Crippen molar-refractivity contribution in [1.82, 2.24) is 0 Å². The van der Waals surface area contributed by atoms with Gasteiger partial charge in [0.15, 0.2) is 0 Å². The monoisotopic (exact) mass is 304 g/mol. The summed E-state index contributed by atoms with van der Waals surface area (Å²) in [4.78, 5) is 21.9. The molecule has 1 rings (SSSR count). The summed E-state index contributed by atoms with van der Waals surface area (Å²) in [5.74, 6) is 0. The first kappa shape index (κ1) is 13.1. The van der Waals surface area contributed by atoms with Crippen molar-refractivity contribution in [1.29, 1.82) is 0 Å². The summed E-state index contributed by atoms with van der Waals surface area (Å²) in [5, 5.41) is -2.09. The van der Waals surface area contributed by atoms with E-state index in [1.165, 1.54) is 6.07 Å². The zero-order valence-electron chi connectivity index (χ0n) is 6.78. The number of halogens is 5. The highest BCUT2D eigenvalue weighted by Gasteiger charge is 2.21. The summed E-state index contributed by atoms with van der Waals surface area (Å²) < 4.78 is 0. The lowest BCUT2D eigenvalue weighted by Crippen LogP contribution is -2.00. The normalized spacial score (nSPS) is 10.2. The Hall–Kier alpha value is 0.01000. The van der Waals surface area contributed by atoms with E-state index in [9.17, 15) is 9.59 Å². The topological polar surface area (TPSA) is 34.1 Å². The highest BCUT2D eigenvalue weighted by atomic mass is 35.5. The van der Waals surface area contributed by atoms with E-state index >= 15 is 0 Å². The van der Waals surface area contributed by atoms with Crippen molar-refractivity contribution in [3.63, 3.8) is 0 Å². The molecule has 0 fully saturated rings. The van der Waals surface area contributed by atoms with Crippen LogP contribution in [-0.2, 0) is 0 Å². The number of rotatable bonds is 2. The molecule has 0 aliphatic carbocycles. The van der Waals surface area contributed by atoms with E-state index in [-0.39, 0.29) is 26.2 Å². The third-order valence-corrected chi connectivity index (χ3v) is 3.14. The van der Waals surface area contributed by atoms with Crippen molar-refractivity contribution in [2.24, 2.45) is 0 Å². The smallest absolute Gasteiger partial charge is 0.255 e. The molecule has 2 nitrogen and oxygen atoms in total. The molecule has 1 aromatic rings.